The van der Waals surface area contributed by atoms with Crippen molar-refractivity contribution < 1.29 is 43.6 Å². The number of imidazole rings is 1. The molecular weight excluding hydrogens is 732 g/mol. The molecule has 292 valence electrons. The zero-order chi connectivity index (χ0) is 39.3. The molecule has 4 rings (SSSR count). The van der Waals surface area contributed by atoms with Crippen LogP contribution in [0.2, 0.25) is 5.15 Å². The van der Waals surface area contributed by atoms with Gasteiger partial charge >= 0.3 is 6.16 Å². The van der Waals surface area contributed by atoms with Gasteiger partial charge in [-0.25, -0.2) is 9.78 Å². The van der Waals surface area contributed by atoms with Crippen molar-refractivity contribution in [1.82, 2.24) is 29.8 Å². The molecule has 4 aromatic rings. The van der Waals surface area contributed by atoms with Crippen LogP contribution >= 0.6 is 11.6 Å². The smallest absolute Gasteiger partial charge is 0.434 e. The van der Waals surface area contributed by atoms with Crippen molar-refractivity contribution in [2.45, 2.75) is 78.2 Å². The molecule has 1 atom stereocenters. The molecule has 0 aliphatic carbocycles. The van der Waals surface area contributed by atoms with Gasteiger partial charge in [0.1, 0.15) is 12.1 Å². The molecule has 2 aromatic carbocycles. The quantitative estimate of drug-likeness (QED) is 0.0283. The van der Waals surface area contributed by atoms with Crippen LogP contribution in [0.4, 0.5) is 4.79 Å². The number of ether oxygens (including phenoxy) is 3. The second kappa shape index (κ2) is 23.1. The Morgan fingerprint density at radius 2 is 1.63 bits per heavy atom. The standard InChI is InChI=1S/C30H36ClN7O7.C4H7NO4/c1-4-5-12-27-32-28(31)26(20-42-3)36(27)19-22-13-15-23(16-14-22)24-10-6-7-11-25(24)29-33-35-37(34-29)21(2)45-30(39)43-17-8-9-18-44-38(40)41;6-3-1-2-4-9-5(7)8/h6-7,10-11,13-16,21H,4-5,8-9,12,17-20H2,1-3H3;3H,1-2,4H2. The Hall–Kier alpha value is -5.69. The van der Waals surface area contributed by atoms with Crippen LogP contribution in [0, 0.1) is 20.2 Å². The average Bonchev–Trinajstić information content (AvgIpc) is 3.76. The minimum Gasteiger partial charge on any atom is -0.434 e. The predicted molar refractivity (Wildman–Crippen MR) is 192 cm³/mol. The number of methoxy groups -OCH3 is 1. The summed E-state index contributed by atoms with van der Waals surface area (Å²) in [6, 6.07) is 15.9. The Kier molecular flexibility index (Phi) is 18.3. The molecule has 0 radical (unpaired) electrons. The molecule has 0 bridgehead atoms. The Morgan fingerprint density at radius 3 is 2.28 bits per heavy atom. The topological polar surface area (TPSA) is 228 Å². The fourth-order valence-corrected chi connectivity index (χ4v) is 5.16. The van der Waals surface area contributed by atoms with E-state index in [9.17, 15) is 29.8 Å². The highest BCUT2D eigenvalue weighted by Crippen LogP contribution is 2.31. The van der Waals surface area contributed by atoms with E-state index >= 15 is 0 Å². The highest BCUT2D eigenvalue weighted by molar-refractivity contribution is 6.30. The van der Waals surface area contributed by atoms with Crippen molar-refractivity contribution in [2.24, 2.45) is 0 Å². The molecule has 20 heteroatoms. The van der Waals surface area contributed by atoms with E-state index in [4.69, 9.17) is 25.8 Å². The van der Waals surface area contributed by atoms with Gasteiger partial charge in [0.05, 0.1) is 32.1 Å². The maximum absolute atomic E-state index is 12.1. The van der Waals surface area contributed by atoms with Crippen LogP contribution < -0.4 is 0 Å². The maximum Gasteiger partial charge on any atom is 0.510 e. The van der Waals surface area contributed by atoms with E-state index in [0.29, 0.717) is 56.1 Å². The molecule has 0 saturated heterocycles. The van der Waals surface area contributed by atoms with Gasteiger partial charge in [-0.1, -0.05) is 73.5 Å². The second-order valence-electron chi connectivity index (χ2n) is 11.5. The number of nitrogens with zero attached hydrogens (tertiary/aromatic N) is 8. The first-order chi connectivity index (χ1) is 26.1. The summed E-state index contributed by atoms with van der Waals surface area (Å²) in [5, 5.41) is 31.1. The van der Waals surface area contributed by atoms with Crippen molar-refractivity contribution in [3.05, 3.63) is 91.0 Å². The largest absolute Gasteiger partial charge is 0.510 e. The first kappa shape index (κ1) is 42.7. The van der Waals surface area contributed by atoms with E-state index in [1.54, 1.807) is 14.0 Å². The number of aldehydes is 1. The first-order valence-electron chi connectivity index (χ1n) is 17.1. The van der Waals surface area contributed by atoms with Crippen LogP contribution in [-0.4, -0.2) is 79.3 Å². The van der Waals surface area contributed by atoms with E-state index in [1.807, 2.05) is 36.4 Å². The van der Waals surface area contributed by atoms with Gasteiger partial charge in [-0.2, -0.15) is 0 Å². The molecule has 2 heterocycles. The molecule has 54 heavy (non-hydrogen) atoms. The first-order valence-corrected chi connectivity index (χ1v) is 17.5. The van der Waals surface area contributed by atoms with Crippen LogP contribution in [-0.2, 0) is 48.3 Å². The third kappa shape index (κ3) is 14.0. The molecule has 0 amide bonds. The number of carbonyl (C=O) groups excluding carboxylic acids is 2. The van der Waals surface area contributed by atoms with Gasteiger partial charge in [-0.15, -0.1) is 35.2 Å². The third-order valence-corrected chi connectivity index (χ3v) is 7.85. The SMILES string of the molecule is CCCCc1nc(Cl)c(COC)n1Cc1ccc(-c2ccccc2-c2nnn(C(C)OC(=O)OCCCCO[N+](=O)[O-])n2)cc1.O=CCCCO[N+](=O)[O-]. The lowest BCUT2D eigenvalue weighted by Crippen LogP contribution is -2.18. The second-order valence-corrected chi connectivity index (χ2v) is 11.9. The number of carbonyl (C=O) groups is 2. The van der Waals surface area contributed by atoms with E-state index in [-0.39, 0.29) is 19.8 Å². The maximum atomic E-state index is 12.1. The van der Waals surface area contributed by atoms with Gasteiger partial charge in [0.15, 0.2) is 5.15 Å². The van der Waals surface area contributed by atoms with Crippen LogP contribution in [0.1, 0.15) is 75.7 Å². The van der Waals surface area contributed by atoms with Gasteiger partial charge in [-0.3, -0.25) is 0 Å². The summed E-state index contributed by atoms with van der Waals surface area (Å²) < 4.78 is 17.8. The number of tetrazole rings is 1. The Bertz CT molecular complexity index is 1790. The molecule has 0 fully saturated rings. The van der Waals surface area contributed by atoms with Crippen molar-refractivity contribution >= 4 is 24.0 Å². The Labute approximate surface area is 315 Å². The summed E-state index contributed by atoms with van der Waals surface area (Å²) in [4.78, 5) is 55.2. The zero-order valence-corrected chi connectivity index (χ0v) is 31.0. The summed E-state index contributed by atoms with van der Waals surface area (Å²) in [5.74, 6) is 1.31. The fourth-order valence-electron chi connectivity index (χ4n) is 4.91. The molecule has 0 aliphatic heterocycles. The Balaban J connectivity index is 0.000000772. The van der Waals surface area contributed by atoms with Crippen molar-refractivity contribution in [3.63, 3.8) is 0 Å². The van der Waals surface area contributed by atoms with Crippen LogP contribution in [0.25, 0.3) is 22.5 Å². The fraction of sp³-hybridized carbons (Fsp3) is 0.471. The molecule has 19 nitrogen and oxygen atoms in total. The predicted octanol–water partition coefficient (Wildman–Crippen LogP) is 6.23. The number of hydrogen-bond acceptors (Lipinski definition) is 15. The van der Waals surface area contributed by atoms with E-state index in [1.165, 1.54) is 4.80 Å². The summed E-state index contributed by atoms with van der Waals surface area (Å²) >= 11 is 6.46. The summed E-state index contributed by atoms with van der Waals surface area (Å²) in [6.45, 7) is 4.69. The summed E-state index contributed by atoms with van der Waals surface area (Å²) in [5.41, 5.74) is 4.59. The lowest BCUT2D eigenvalue weighted by Gasteiger charge is -2.13. The molecule has 0 aliphatic rings. The molecular formula is C34H43ClN8O11. The number of hydrogen-bond donors (Lipinski definition) is 0. The van der Waals surface area contributed by atoms with Crippen LogP contribution in [0.5, 0.6) is 0 Å². The average molecular weight is 775 g/mol. The number of benzene rings is 2. The third-order valence-electron chi connectivity index (χ3n) is 7.55. The number of unbranched alkanes of at least 4 members (excludes halogenated alkanes) is 3. The van der Waals surface area contributed by atoms with E-state index in [2.05, 4.69) is 53.7 Å². The summed E-state index contributed by atoms with van der Waals surface area (Å²) in [7, 11) is 1.65. The van der Waals surface area contributed by atoms with Crippen molar-refractivity contribution in [2.75, 3.05) is 26.9 Å². The highest BCUT2D eigenvalue weighted by atomic mass is 35.5. The van der Waals surface area contributed by atoms with Gasteiger partial charge in [0.25, 0.3) is 10.2 Å². The Morgan fingerprint density at radius 1 is 0.963 bits per heavy atom. The summed E-state index contributed by atoms with van der Waals surface area (Å²) in [6.07, 6.45) is 3.28. The zero-order valence-electron chi connectivity index (χ0n) is 30.2. The van der Waals surface area contributed by atoms with E-state index in [0.717, 1.165) is 53.0 Å². The monoisotopic (exact) mass is 774 g/mol. The lowest BCUT2D eigenvalue weighted by atomic mass is 9.98. The number of aryl methyl sites for hydroxylation is 1. The minimum absolute atomic E-state index is 0.00569. The number of aromatic nitrogens is 6. The van der Waals surface area contributed by atoms with Crippen molar-refractivity contribution in [3.8, 4) is 22.5 Å². The van der Waals surface area contributed by atoms with Crippen molar-refractivity contribution in [1.29, 1.82) is 0 Å². The number of rotatable bonds is 22. The minimum atomic E-state index is -0.915. The highest BCUT2D eigenvalue weighted by Gasteiger charge is 2.19. The number of halogens is 1. The van der Waals surface area contributed by atoms with Gasteiger partial charge in [-0.05, 0) is 54.5 Å². The molecule has 2 aromatic heterocycles. The normalized spacial score (nSPS) is 11.2. The van der Waals surface area contributed by atoms with Crippen LogP contribution in [0.3, 0.4) is 0 Å². The molecule has 1 unspecified atom stereocenters. The molecule has 0 N–H and O–H groups in total. The van der Waals surface area contributed by atoms with Crippen LogP contribution in [0.15, 0.2) is 48.5 Å². The van der Waals surface area contributed by atoms with Gasteiger partial charge in [0, 0.05) is 32.1 Å². The van der Waals surface area contributed by atoms with Gasteiger partial charge < -0.3 is 33.2 Å². The lowest BCUT2D eigenvalue weighted by molar-refractivity contribution is -0.757. The molecule has 0 spiro atoms. The molecule has 0 saturated carbocycles. The van der Waals surface area contributed by atoms with Gasteiger partial charge in [0.2, 0.25) is 12.1 Å². The van der Waals surface area contributed by atoms with E-state index < -0.39 is 22.6 Å².